The molecule has 0 aliphatic heterocycles. The van der Waals surface area contributed by atoms with Gasteiger partial charge in [0.25, 0.3) is 0 Å². The Bertz CT molecular complexity index is 593. The van der Waals surface area contributed by atoms with Gasteiger partial charge in [0.2, 0.25) is 0 Å². The third-order valence-electron chi connectivity index (χ3n) is 2.35. The molecule has 0 aliphatic rings. The van der Waals surface area contributed by atoms with Crippen molar-refractivity contribution in [2.24, 2.45) is 7.05 Å². The van der Waals surface area contributed by atoms with Gasteiger partial charge in [-0.25, -0.2) is 4.98 Å². The summed E-state index contributed by atoms with van der Waals surface area (Å²) >= 11 is 2.09. The maximum atomic E-state index is 8.82. The van der Waals surface area contributed by atoms with Gasteiger partial charge in [-0.3, -0.25) is 4.68 Å². The molecule has 0 amide bonds. The van der Waals surface area contributed by atoms with Crippen LogP contribution in [-0.2, 0) is 13.7 Å². The largest absolute Gasteiger partial charge is 0.482 e. The van der Waals surface area contributed by atoms with E-state index in [1.807, 2.05) is 6.07 Å². The number of rotatable bonds is 3. The van der Waals surface area contributed by atoms with Crippen molar-refractivity contribution in [2.45, 2.75) is 6.61 Å². The first-order valence-corrected chi connectivity index (χ1v) is 6.14. The number of hydrogen-bond donors (Lipinski definition) is 1. The maximum absolute atomic E-state index is 8.82. The van der Waals surface area contributed by atoms with E-state index in [1.165, 1.54) is 6.33 Å². The first-order chi connectivity index (χ1) is 8.61. The number of nitrogens with zero attached hydrogens (tertiary/aromatic N) is 4. The molecule has 2 rings (SSSR count). The molecule has 7 heteroatoms. The van der Waals surface area contributed by atoms with E-state index in [4.69, 9.17) is 15.7 Å². The van der Waals surface area contributed by atoms with Gasteiger partial charge in [-0.05, 0) is 34.7 Å². The fourth-order valence-electron chi connectivity index (χ4n) is 1.42. The lowest BCUT2D eigenvalue weighted by atomic mass is 10.2. The molecule has 0 saturated heterocycles. The number of ether oxygens (including phenoxy) is 1. The molecular formula is C11H10IN5O. The van der Waals surface area contributed by atoms with E-state index in [2.05, 4.69) is 32.7 Å². The second-order valence-electron chi connectivity index (χ2n) is 3.58. The zero-order chi connectivity index (χ0) is 13.1. The Morgan fingerprint density at radius 2 is 2.33 bits per heavy atom. The normalized spacial score (nSPS) is 10.1. The Balaban J connectivity index is 2.20. The Labute approximate surface area is 118 Å². The van der Waals surface area contributed by atoms with Crippen LogP contribution in [0.5, 0.6) is 5.75 Å². The highest BCUT2D eigenvalue weighted by Gasteiger charge is 2.10. The van der Waals surface area contributed by atoms with Gasteiger partial charge < -0.3 is 10.5 Å². The standard InChI is InChI=1S/C11H10IN5O/c1-17-10(15-6-16-17)5-18-11-8(12)2-7(4-13)3-9(11)14/h2-3,6H,5,14H2,1H3. The quantitative estimate of drug-likeness (QED) is 0.665. The zero-order valence-corrected chi connectivity index (χ0v) is 11.7. The van der Waals surface area contributed by atoms with Crippen molar-refractivity contribution < 1.29 is 4.74 Å². The molecule has 1 aromatic heterocycles. The van der Waals surface area contributed by atoms with Crippen LogP contribution in [0, 0.1) is 14.9 Å². The van der Waals surface area contributed by atoms with Crippen LogP contribution in [0.15, 0.2) is 18.5 Å². The lowest BCUT2D eigenvalue weighted by Crippen LogP contribution is -2.06. The van der Waals surface area contributed by atoms with Crippen molar-refractivity contribution in [3.05, 3.63) is 33.4 Å². The van der Waals surface area contributed by atoms with Crippen molar-refractivity contribution in [2.75, 3.05) is 5.73 Å². The number of nitrogen functional groups attached to an aromatic ring is 1. The van der Waals surface area contributed by atoms with Crippen molar-refractivity contribution in [1.29, 1.82) is 5.26 Å². The van der Waals surface area contributed by atoms with Gasteiger partial charge in [0.15, 0.2) is 11.6 Å². The number of hydrogen-bond acceptors (Lipinski definition) is 5. The van der Waals surface area contributed by atoms with E-state index in [0.29, 0.717) is 22.8 Å². The smallest absolute Gasteiger partial charge is 0.164 e. The molecule has 18 heavy (non-hydrogen) atoms. The molecule has 92 valence electrons. The Kier molecular flexibility index (Phi) is 3.66. The van der Waals surface area contributed by atoms with Crippen LogP contribution in [0.1, 0.15) is 11.4 Å². The summed E-state index contributed by atoms with van der Waals surface area (Å²) in [5.74, 6) is 1.27. The number of aryl methyl sites for hydroxylation is 1. The molecule has 0 radical (unpaired) electrons. The van der Waals surface area contributed by atoms with Crippen LogP contribution in [0.25, 0.3) is 0 Å². The summed E-state index contributed by atoms with van der Waals surface area (Å²) < 4.78 is 8.06. The number of nitrogens with two attached hydrogens (primary N) is 1. The van der Waals surface area contributed by atoms with Crippen LogP contribution in [0.3, 0.4) is 0 Å². The number of anilines is 1. The number of nitriles is 1. The molecule has 0 saturated carbocycles. The summed E-state index contributed by atoms with van der Waals surface area (Å²) in [7, 11) is 1.79. The third-order valence-corrected chi connectivity index (χ3v) is 3.15. The summed E-state index contributed by atoms with van der Waals surface area (Å²) in [5, 5.41) is 12.8. The van der Waals surface area contributed by atoms with Crippen LogP contribution in [-0.4, -0.2) is 14.8 Å². The second kappa shape index (κ2) is 5.22. The van der Waals surface area contributed by atoms with Crippen LogP contribution in [0.4, 0.5) is 5.69 Å². The summed E-state index contributed by atoms with van der Waals surface area (Å²) in [5.41, 5.74) is 6.81. The summed E-state index contributed by atoms with van der Waals surface area (Å²) in [6.45, 7) is 0.280. The minimum Gasteiger partial charge on any atom is -0.482 e. The second-order valence-corrected chi connectivity index (χ2v) is 4.74. The van der Waals surface area contributed by atoms with E-state index in [-0.39, 0.29) is 6.61 Å². The number of halogens is 1. The SMILES string of the molecule is Cn1ncnc1COc1c(N)cc(C#N)cc1I. The number of aromatic nitrogens is 3. The van der Waals surface area contributed by atoms with E-state index < -0.39 is 0 Å². The molecule has 0 atom stereocenters. The van der Waals surface area contributed by atoms with Crippen molar-refractivity contribution in [3.63, 3.8) is 0 Å². The molecule has 0 spiro atoms. The van der Waals surface area contributed by atoms with E-state index in [9.17, 15) is 0 Å². The highest BCUT2D eigenvalue weighted by molar-refractivity contribution is 14.1. The van der Waals surface area contributed by atoms with Gasteiger partial charge in [-0.2, -0.15) is 10.4 Å². The minimum absolute atomic E-state index is 0.280. The van der Waals surface area contributed by atoms with Gasteiger partial charge in [0.1, 0.15) is 12.9 Å². The monoisotopic (exact) mass is 355 g/mol. The average Bonchev–Trinajstić information content (AvgIpc) is 2.73. The molecule has 0 unspecified atom stereocenters. The van der Waals surface area contributed by atoms with E-state index >= 15 is 0 Å². The first-order valence-electron chi connectivity index (χ1n) is 5.06. The third kappa shape index (κ3) is 2.53. The topological polar surface area (TPSA) is 89.8 Å². The van der Waals surface area contributed by atoms with Gasteiger partial charge in [-0.15, -0.1) is 0 Å². The Morgan fingerprint density at radius 1 is 1.56 bits per heavy atom. The van der Waals surface area contributed by atoms with Gasteiger partial charge in [0.05, 0.1) is 20.9 Å². The first kappa shape index (κ1) is 12.6. The van der Waals surface area contributed by atoms with Crippen molar-refractivity contribution >= 4 is 28.3 Å². The van der Waals surface area contributed by atoms with Gasteiger partial charge in [0, 0.05) is 7.05 Å². The van der Waals surface area contributed by atoms with Crippen molar-refractivity contribution in [3.8, 4) is 11.8 Å². The van der Waals surface area contributed by atoms with E-state index in [1.54, 1.807) is 23.9 Å². The molecule has 1 aromatic carbocycles. The van der Waals surface area contributed by atoms with Crippen LogP contribution in [0.2, 0.25) is 0 Å². The molecule has 0 fully saturated rings. The summed E-state index contributed by atoms with van der Waals surface area (Å²) in [4.78, 5) is 4.06. The molecule has 1 heterocycles. The maximum Gasteiger partial charge on any atom is 0.164 e. The highest BCUT2D eigenvalue weighted by atomic mass is 127. The minimum atomic E-state index is 0.280. The van der Waals surface area contributed by atoms with Crippen LogP contribution < -0.4 is 10.5 Å². The fraction of sp³-hybridized carbons (Fsp3) is 0.182. The van der Waals surface area contributed by atoms with E-state index in [0.717, 1.165) is 3.57 Å². The summed E-state index contributed by atoms with van der Waals surface area (Å²) in [6.07, 6.45) is 1.46. The predicted octanol–water partition coefficient (Wildman–Crippen LogP) is 1.45. The summed E-state index contributed by atoms with van der Waals surface area (Å²) in [6, 6.07) is 5.36. The average molecular weight is 355 g/mol. The fourth-order valence-corrected chi connectivity index (χ4v) is 2.22. The van der Waals surface area contributed by atoms with Crippen LogP contribution >= 0.6 is 22.6 Å². The highest BCUT2D eigenvalue weighted by Crippen LogP contribution is 2.30. The molecule has 0 aliphatic carbocycles. The Hall–Kier alpha value is -1.82. The lowest BCUT2D eigenvalue weighted by molar-refractivity contribution is 0.289. The van der Waals surface area contributed by atoms with Gasteiger partial charge in [-0.1, -0.05) is 0 Å². The van der Waals surface area contributed by atoms with Crippen molar-refractivity contribution in [1.82, 2.24) is 14.8 Å². The zero-order valence-electron chi connectivity index (χ0n) is 9.59. The lowest BCUT2D eigenvalue weighted by Gasteiger charge is -2.10. The Morgan fingerprint density at radius 3 is 2.89 bits per heavy atom. The predicted molar refractivity (Wildman–Crippen MR) is 73.6 cm³/mol. The molecule has 0 bridgehead atoms. The molecule has 2 N–H and O–H groups in total. The van der Waals surface area contributed by atoms with Gasteiger partial charge >= 0.3 is 0 Å². The molecular weight excluding hydrogens is 345 g/mol. The molecule has 6 nitrogen and oxygen atoms in total. The molecule has 2 aromatic rings. The number of benzene rings is 1.